The summed E-state index contributed by atoms with van der Waals surface area (Å²) in [4.78, 5) is 1.37. The molecule has 1 atom stereocenters. The zero-order chi connectivity index (χ0) is 14.4. The van der Waals surface area contributed by atoms with E-state index >= 15 is 0 Å². The number of ether oxygens (including phenoxy) is 1. The van der Waals surface area contributed by atoms with Gasteiger partial charge in [0.15, 0.2) is 0 Å². The first-order chi connectivity index (χ1) is 9.66. The molecule has 4 heteroatoms. The molecule has 112 valence electrons. The Bertz CT molecular complexity index is 425. The van der Waals surface area contributed by atoms with E-state index in [9.17, 15) is 0 Å². The molecule has 0 amide bonds. The number of benzene rings is 1. The van der Waals surface area contributed by atoms with Crippen molar-refractivity contribution in [2.75, 3.05) is 25.5 Å². The molecule has 1 heterocycles. The average molecular weight is 314 g/mol. The van der Waals surface area contributed by atoms with Crippen molar-refractivity contribution < 1.29 is 4.74 Å². The van der Waals surface area contributed by atoms with Crippen LogP contribution < -0.4 is 5.32 Å². The molecule has 2 rings (SSSR count). The highest BCUT2D eigenvalue weighted by atomic mass is 35.5. The lowest BCUT2D eigenvalue weighted by Crippen LogP contribution is -2.26. The highest BCUT2D eigenvalue weighted by Crippen LogP contribution is 2.37. The van der Waals surface area contributed by atoms with Crippen molar-refractivity contribution in [3.63, 3.8) is 0 Å². The van der Waals surface area contributed by atoms with Crippen LogP contribution in [0.5, 0.6) is 0 Å². The molecule has 1 N–H and O–H groups in total. The van der Waals surface area contributed by atoms with Gasteiger partial charge in [0.2, 0.25) is 0 Å². The molecule has 1 unspecified atom stereocenters. The van der Waals surface area contributed by atoms with Crippen LogP contribution in [-0.2, 0) is 4.74 Å². The second-order valence-corrected chi connectivity index (χ2v) is 7.22. The van der Waals surface area contributed by atoms with Crippen molar-refractivity contribution in [1.29, 1.82) is 0 Å². The van der Waals surface area contributed by atoms with Crippen LogP contribution in [0.3, 0.4) is 0 Å². The summed E-state index contributed by atoms with van der Waals surface area (Å²) in [5.41, 5.74) is 1.36. The third-order valence-electron chi connectivity index (χ3n) is 3.32. The fourth-order valence-electron chi connectivity index (χ4n) is 2.35. The molecule has 1 aliphatic rings. The monoisotopic (exact) mass is 313 g/mol. The van der Waals surface area contributed by atoms with Crippen LogP contribution in [0.4, 0.5) is 0 Å². The molecule has 0 saturated heterocycles. The van der Waals surface area contributed by atoms with E-state index in [1.807, 2.05) is 17.8 Å². The number of fused-ring (bicyclic) bond motifs is 1. The predicted molar refractivity (Wildman–Crippen MR) is 87.8 cm³/mol. The molecule has 1 aliphatic heterocycles. The van der Waals surface area contributed by atoms with Crippen molar-refractivity contribution in [2.45, 2.75) is 37.6 Å². The number of hydrogen-bond acceptors (Lipinski definition) is 3. The standard InChI is InChI=1S/C16H24ClNOS/c1-12(2)11-19-8-3-7-18-15-6-9-20-16-5-4-13(17)10-14(15)16/h4-5,10,12,15,18H,3,6-9,11H2,1-2H3. The molecule has 0 spiro atoms. The van der Waals surface area contributed by atoms with E-state index in [0.717, 1.165) is 31.2 Å². The van der Waals surface area contributed by atoms with E-state index in [0.29, 0.717) is 12.0 Å². The van der Waals surface area contributed by atoms with Gasteiger partial charge in [0.25, 0.3) is 0 Å². The smallest absolute Gasteiger partial charge is 0.0489 e. The van der Waals surface area contributed by atoms with Gasteiger partial charge < -0.3 is 10.1 Å². The Morgan fingerprint density at radius 3 is 3.10 bits per heavy atom. The fraction of sp³-hybridized carbons (Fsp3) is 0.625. The molecule has 0 fully saturated rings. The maximum absolute atomic E-state index is 6.12. The number of thioether (sulfide) groups is 1. The predicted octanol–water partition coefficient (Wildman–Crippen LogP) is 4.53. The van der Waals surface area contributed by atoms with Crippen molar-refractivity contribution in [3.05, 3.63) is 28.8 Å². The second kappa shape index (κ2) is 8.28. The van der Waals surface area contributed by atoms with Crippen LogP contribution in [0.2, 0.25) is 5.02 Å². The van der Waals surface area contributed by atoms with Gasteiger partial charge in [-0.2, -0.15) is 0 Å². The summed E-state index contributed by atoms with van der Waals surface area (Å²) in [6.07, 6.45) is 2.23. The highest BCUT2D eigenvalue weighted by molar-refractivity contribution is 7.99. The van der Waals surface area contributed by atoms with Crippen LogP contribution >= 0.6 is 23.4 Å². The van der Waals surface area contributed by atoms with E-state index in [2.05, 4.69) is 31.3 Å². The number of halogens is 1. The number of nitrogens with one attached hydrogen (secondary N) is 1. The van der Waals surface area contributed by atoms with Crippen molar-refractivity contribution in [2.24, 2.45) is 5.92 Å². The molecule has 0 radical (unpaired) electrons. The zero-order valence-electron chi connectivity index (χ0n) is 12.3. The maximum atomic E-state index is 6.12. The van der Waals surface area contributed by atoms with Crippen molar-refractivity contribution >= 4 is 23.4 Å². The molecule has 0 aromatic heterocycles. The third-order valence-corrected chi connectivity index (χ3v) is 4.68. The molecule has 0 saturated carbocycles. The quantitative estimate of drug-likeness (QED) is 0.747. The summed E-state index contributed by atoms with van der Waals surface area (Å²) in [5, 5.41) is 4.47. The molecular formula is C16H24ClNOS. The van der Waals surface area contributed by atoms with Gasteiger partial charge in [-0.3, -0.25) is 0 Å². The minimum absolute atomic E-state index is 0.440. The Morgan fingerprint density at radius 1 is 1.45 bits per heavy atom. The summed E-state index contributed by atoms with van der Waals surface area (Å²) < 4.78 is 5.61. The topological polar surface area (TPSA) is 21.3 Å². The summed E-state index contributed by atoms with van der Waals surface area (Å²) >= 11 is 8.05. The van der Waals surface area contributed by atoms with E-state index in [1.165, 1.54) is 22.6 Å². The van der Waals surface area contributed by atoms with E-state index in [-0.39, 0.29) is 0 Å². The lowest BCUT2D eigenvalue weighted by Gasteiger charge is -2.26. The zero-order valence-corrected chi connectivity index (χ0v) is 13.9. The van der Waals surface area contributed by atoms with Gasteiger partial charge in [-0.05, 0) is 54.8 Å². The van der Waals surface area contributed by atoms with Gasteiger partial charge in [-0.15, -0.1) is 11.8 Å². The van der Waals surface area contributed by atoms with Gasteiger partial charge in [0.05, 0.1) is 0 Å². The van der Waals surface area contributed by atoms with Crippen molar-refractivity contribution in [3.8, 4) is 0 Å². The SMILES string of the molecule is CC(C)COCCCNC1CCSc2ccc(Cl)cc21. The van der Waals surface area contributed by atoms with Crippen LogP contribution in [0.1, 0.15) is 38.3 Å². The minimum Gasteiger partial charge on any atom is -0.381 e. The Morgan fingerprint density at radius 2 is 2.30 bits per heavy atom. The summed E-state index contributed by atoms with van der Waals surface area (Å²) in [5.74, 6) is 1.79. The van der Waals surface area contributed by atoms with Crippen LogP contribution in [0.15, 0.2) is 23.1 Å². The second-order valence-electron chi connectivity index (χ2n) is 5.65. The third kappa shape index (κ3) is 4.96. The summed E-state index contributed by atoms with van der Waals surface area (Å²) in [7, 11) is 0. The Kier molecular flexibility index (Phi) is 6.69. The summed E-state index contributed by atoms with van der Waals surface area (Å²) in [6.45, 7) is 7.06. The van der Waals surface area contributed by atoms with Crippen LogP contribution in [0.25, 0.3) is 0 Å². The fourth-order valence-corrected chi connectivity index (χ4v) is 3.63. The normalized spacial score (nSPS) is 18.3. The average Bonchev–Trinajstić information content (AvgIpc) is 2.42. The van der Waals surface area contributed by atoms with Gasteiger partial charge in [0, 0.05) is 29.2 Å². The van der Waals surface area contributed by atoms with E-state index in [1.54, 1.807) is 0 Å². The maximum Gasteiger partial charge on any atom is 0.0489 e. The number of rotatable bonds is 7. The first-order valence-electron chi connectivity index (χ1n) is 7.40. The Balaban J connectivity index is 1.76. The van der Waals surface area contributed by atoms with Gasteiger partial charge in [-0.1, -0.05) is 25.4 Å². The van der Waals surface area contributed by atoms with Gasteiger partial charge in [0.1, 0.15) is 0 Å². The first kappa shape index (κ1) is 16.2. The molecule has 0 bridgehead atoms. The van der Waals surface area contributed by atoms with Gasteiger partial charge in [-0.25, -0.2) is 0 Å². The van der Waals surface area contributed by atoms with E-state index in [4.69, 9.17) is 16.3 Å². The molecule has 20 heavy (non-hydrogen) atoms. The molecule has 1 aromatic rings. The highest BCUT2D eigenvalue weighted by Gasteiger charge is 2.20. The summed E-state index contributed by atoms with van der Waals surface area (Å²) in [6, 6.07) is 6.67. The lowest BCUT2D eigenvalue weighted by atomic mass is 10.0. The molecule has 0 aliphatic carbocycles. The molecule has 2 nitrogen and oxygen atoms in total. The van der Waals surface area contributed by atoms with Crippen LogP contribution in [0, 0.1) is 5.92 Å². The lowest BCUT2D eigenvalue weighted by molar-refractivity contribution is 0.107. The largest absolute Gasteiger partial charge is 0.381 e. The first-order valence-corrected chi connectivity index (χ1v) is 8.76. The number of hydrogen-bond donors (Lipinski definition) is 1. The van der Waals surface area contributed by atoms with Crippen molar-refractivity contribution in [1.82, 2.24) is 5.32 Å². The van der Waals surface area contributed by atoms with E-state index < -0.39 is 0 Å². The molecule has 1 aromatic carbocycles. The van der Waals surface area contributed by atoms with Crippen LogP contribution in [-0.4, -0.2) is 25.5 Å². The van der Waals surface area contributed by atoms with Gasteiger partial charge >= 0.3 is 0 Å². The Labute approximate surface area is 131 Å². The molecular weight excluding hydrogens is 290 g/mol. The minimum atomic E-state index is 0.440. The Hall–Kier alpha value is -0.220.